The molecule has 5 nitrogen and oxygen atoms in total. The average Bonchev–Trinajstić information content (AvgIpc) is 3.43. The van der Waals surface area contributed by atoms with Crippen molar-refractivity contribution in [2.75, 3.05) is 26.7 Å². The molecule has 1 N–H and O–H groups in total. The fourth-order valence-corrected chi connectivity index (χ4v) is 6.26. The molecule has 4 saturated heterocycles. The highest BCUT2D eigenvalue weighted by atomic mass is 16.6. The van der Waals surface area contributed by atoms with Crippen molar-refractivity contribution in [2.24, 2.45) is 11.3 Å². The Kier molecular flexibility index (Phi) is 5.05. The first kappa shape index (κ1) is 18.8. The van der Waals surface area contributed by atoms with Gasteiger partial charge in [-0.15, -0.1) is 0 Å². The Morgan fingerprint density at radius 1 is 1.15 bits per heavy atom. The molecule has 154 valence electrons. The molecular formula is C22H39N3O2. The van der Waals surface area contributed by atoms with Crippen LogP contribution in [0.3, 0.4) is 0 Å². The zero-order valence-electron chi connectivity index (χ0n) is 17.5. The zero-order chi connectivity index (χ0) is 18.6. The minimum Gasteiger partial charge on any atom is -0.377 e. The second-order valence-electron chi connectivity index (χ2n) is 10.7. The van der Waals surface area contributed by atoms with Crippen LogP contribution in [-0.2, 0) is 9.47 Å². The van der Waals surface area contributed by atoms with Crippen molar-refractivity contribution in [1.29, 1.82) is 0 Å². The lowest BCUT2D eigenvalue weighted by Crippen LogP contribution is -2.57. The van der Waals surface area contributed by atoms with Crippen LogP contribution in [0.1, 0.15) is 65.2 Å². The van der Waals surface area contributed by atoms with Crippen LogP contribution in [0, 0.1) is 11.3 Å². The zero-order valence-corrected chi connectivity index (χ0v) is 17.5. The van der Waals surface area contributed by atoms with Crippen molar-refractivity contribution in [3.63, 3.8) is 0 Å². The van der Waals surface area contributed by atoms with Crippen LogP contribution in [0.15, 0.2) is 0 Å². The number of hydrogen-bond donors (Lipinski definition) is 1. The molecular weight excluding hydrogens is 338 g/mol. The van der Waals surface area contributed by atoms with E-state index in [9.17, 15) is 0 Å². The highest BCUT2D eigenvalue weighted by Gasteiger charge is 2.57. The lowest BCUT2D eigenvalue weighted by molar-refractivity contribution is -0.0401. The summed E-state index contributed by atoms with van der Waals surface area (Å²) in [7, 11) is 2.26. The van der Waals surface area contributed by atoms with E-state index in [0.29, 0.717) is 48.0 Å². The topological polar surface area (TPSA) is 40.3 Å². The third-order valence-corrected chi connectivity index (χ3v) is 8.06. The number of fused-ring (bicyclic) bond motifs is 5. The molecule has 4 heterocycles. The number of likely N-dealkylation sites (N-methyl/N-ethyl adjacent to an activating group) is 1. The van der Waals surface area contributed by atoms with Gasteiger partial charge in [0.05, 0.1) is 18.9 Å². The molecule has 1 saturated carbocycles. The Morgan fingerprint density at radius 2 is 2.04 bits per heavy atom. The van der Waals surface area contributed by atoms with Gasteiger partial charge in [0.2, 0.25) is 0 Å². The number of hydrogen-bond acceptors (Lipinski definition) is 5. The first-order valence-electron chi connectivity index (χ1n) is 11.5. The fourth-order valence-electron chi connectivity index (χ4n) is 6.26. The Labute approximate surface area is 165 Å². The van der Waals surface area contributed by atoms with Crippen LogP contribution in [0.2, 0.25) is 0 Å². The third-order valence-electron chi connectivity index (χ3n) is 8.06. The first-order valence-corrected chi connectivity index (χ1v) is 11.5. The maximum absolute atomic E-state index is 6.46. The number of nitrogens with zero attached hydrogens (tertiary/aromatic N) is 2. The number of ether oxygens (including phenoxy) is 2. The molecule has 7 unspecified atom stereocenters. The van der Waals surface area contributed by atoms with Crippen LogP contribution in [0.25, 0.3) is 0 Å². The molecule has 0 aromatic heterocycles. The minimum absolute atomic E-state index is 0.380. The van der Waals surface area contributed by atoms with E-state index >= 15 is 0 Å². The highest BCUT2D eigenvalue weighted by molar-refractivity contribution is 5.05. The lowest BCUT2D eigenvalue weighted by Gasteiger charge is -2.45. The summed E-state index contributed by atoms with van der Waals surface area (Å²) in [6.45, 7) is 8.14. The van der Waals surface area contributed by atoms with Gasteiger partial charge in [-0.05, 0) is 64.0 Å². The number of likely N-dealkylation sites (tertiary alicyclic amines) is 1. The van der Waals surface area contributed by atoms with E-state index < -0.39 is 0 Å². The molecule has 0 radical (unpaired) electrons. The second kappa shape index (κ2) is 7.24. The van der Waals surface area contributed by atoms with E-state index in [-0.39, 0.29) is 0 Å². The summed E-state index contributed by atoms with van der Waals surface area (Å²) in [6, 6.07) is 1.20. The third kappa shape index (κ3) is 3.83. The van der Waals surface area contributed by atoms with Gasteiger partial charge in [-0.2, -0.15) is 0 Å². The number of rotatable bonds is 3. The van der Waals surface area contributed by atoms with E-state index in [2.05, 4.69) is 36.0 Å². The average molecular weight is 378 g/mol. The lowest BCUT2D eigenvalue weighted by atomic mass is 9.80. The van der Waals surface area contributed by atoms with Gasteiger partial charge in [0.1, 0.15) is 12.3 Å². The van der Waals surface area contributed by atoms with Crippen LogP contribution >= 0.6 is 0 Å². The molecule has 5 heteroatoms. The summed E-state index contributed by atoms with van der Waals surface area (Å²) in [6.07, 6.45) is 12.0. The van der Waals surface area contributed by atoms with Crippen LogP contribution in [-0.4, -0.2) is 73.2 Å². The highest BCUT2D eigenvalue weighted by Crippen LogP contribution is 2.47. The predicted molar refractivity (Wildman–Crippen MR) is 106 cm³/mol. The normalized spacial score (nSPS) is 47.4. The Bertz CT molecular complexity index is 542. The Morgan fingerprint density at radius 3 is 2.89 bits per heavy atom. The molecule has 1 aliphatic carbocycles. The van der Waals surface area contributed by atoms with Crippen molar-refractivity contribution >= 4 is 0 Å². The summed E-state index contributed by atoms with van der Waals surface area (Å²) in [5.74, 6) is 0.681. The Hall–Kier alpha value is -0.200. The molecule has 0 amide bonds. The molecule has 27 heavy (non-hydrogen) atoms. The van der Waals surface area contributed by atoms with E-state index in [1.54, 1.807) is 0 Å². The van der Waals surface area contributed by atoms with Crippen molar-refractivity contribution in [3.05, 3.63) is 0 Å². The van der Waals surface area contributed by atoms with Gasteiger partial charge in [0.25, 0.3) is 0 Å². The smallest absolute Gasteiger partial charge is 0.139 e. The van der Waals surface area contributed by atoms with Gasteiger partial charge < -0.3 is 14.4 Å². The van der Waals surface area contributed by atoms with Gasteiger partial charge in [-0.3, -0.25) is 10.2 Å². The van der Waals surface area contributed by atoms with Gasteiger partial charge in [0.15, 0.2) is 0 Å². The molecule has 4 aliphatic heterocycles. The van der Waals surface area contributed by atoms with E-state index in [4.69, 9.17) is 9.47 Å². The summed E-state index contributed by atoms with van der Waals surface area (Å²) >= 11 is 0. The quantitative estimate of drug-likeness (QED) is 0.766. The van der Waals surface area contributed by atoms with E-state index in [0.717, 1.165) is 6.61 Å². The number of nitrogens with one attached hydrogen (secondary N) is 1. The second-order valence-corrected chi connectivity index (χ2v) is 10.7. The molecule has 5 rings (SSSR count). The number of epoxide rings is 1. The van der Waals surface area contributed by atoms with Crippen LogP contribution in [0.4, 0.5) is 0 Å². The van der Waals surface area contributed by atoms with Crippen molar-refractivity contribution in [1.82, 2.24) is 15.1 Å². The monoisotopic (exact) mass is 377 g/mol. The van der Waals surface area contributed by atoms with Crippen LogP contribution < -0.4 is 5.32 Å². The Balaban J connectivity index is 1.19. The summed E-state index contributed by atoms with van der Waals surface area (Å²) in [5.41, 5.74) is 0.419. The SMILES string of the molecule is CN1CCCCC1COC1CCC2C(C1)NC1CCC(C)(C)CN1C1OC21. The molecule has 5 fully saturated rings. The van der Waals surface area contributed by atoms with Gasteiger partial charge in [0, 0.05) is 24.5 Å². The molecule has 0 spiro atoms. The van der Waals surface area contributed by atoms with Crippen molar-refractivity contribution in [3.8, 4) is 0 Å². The van der Waals surface area contributed by atoms with Gasteiger partial charge in [-0.25, -0.2) is 0 Å². The minimum atomic E-state index is 0.380. The summed E-state index contributed by atoms with van der Waals surface area (Å²) in [4.78, 5) is 5.14. The number of piperidine rings is 2. The van der Waals surface area contributed by atoms with Gasteiger partial charge in [-0.1, -0.05) is 20.3 Å². The predicted octanol–water partition coefficient (Wildman–Crippen LogP) is 2.80. The van der Waals surface area contributed by atoms with Crippen molar-refractivity contribution < 1.29 is 9.47 Å². The maximum Gasteiger partial charge on any atom is 0.139 e. The molecule has 0 aromatic rings. The van der Waals surface area contributed by atoms with E-state index in [1.807, 2.05) is 0 Å². The summed E-state index contributed by atoms with van der Waals surface area (Å²) in [5, 5.41) is 4.05. The standard InChI is InChI=1S/C22H39N3O2/c1-22(2)10-9-19-23-18-12-16(26-13-15-6-4-5-11-24(15)3)7-8-17(18)20-21(27-20)25(19)14-22/h15-21,23H,4-14H2,1-3H3. The largest absolute Gasteiger partial charge is 0.377 e. The van der Waals surface area contributed by atoms with Gasteiger partial charge >= 0.3 is 0 Å². The fraction of sp³-hybridized carbons (Fsp3) is 1.00. The molecule has 0 bridgehead atoms. The maximum atomic E-state index is 6.46. The molecule has 0 aromatic carbocycles. The molecule has 5 aliphatic rings. The summed E-state index contributed by atoms with van der Waals surface area (Å²) < 4.78 is 12.7. The van der Waals surface area contributed by atoms with Crippen LogP contribution in [0.5, 0.6) is 0 Å². The first-order chi connectivity index (χ1) is 13.0. The van der Waals surface area contributed by atoms with E-state index in [1.165, 1.54) is 64.5 Å². The molecule has 7 atom stereocenters. The van der Waals surface area contributed by atoms with Crippen molar-refractivity contribution in [2.45, 2.75) is 102 Å².